The summed E-state index contributed by atoms with van der Waals surface area (Å²) in [7, 11) is 8.20. The fourth-order valence-electron chi connectivity index (χ4n) is 7.42. The van der Waals surface area contributed by atoms with E-state index in [4.69, 9.17) is 15.0 Å². The van der Waals surface area contributed by atoms with E-state index in [1.807, 2.05) is 69.2 Å². The Morgan fingerprint density at radius 1 is 0.625 bits per heavy atom. The fraction of sp³-hybridized carbons (Fsp3) is 0.0952. The van der Waals surface area contributed by atoms with E-state index >= 15 is 0 Å². The van der Waals surface area contributed by atoms with Crippen molar-refractivity contribution < 1.29 is 13.7 Å². The van der Waals surface area contributed by atoms with Gasteiger partial charge in [-0.1, -0.05) is 0 Å². The molecule has 0 aliphatic carbocycles. The molecule has 0 spiro atoms. The molecule has 274 valence electrons. The molecule has 4 aromatic carbocycles. The van der Waals surface area contributed by atoms with Gasteiger partial charge in [-0.05, 0) is 0 Å². The van der Waals surface area contributed by atoms with Gasteiger partial charge in [-0.2, -0.15) is 0 Å². The summed E-state index contributed by atoms with van der Waals surface area (Å²) in [5, 5.41) is 7.44. The van der Waals surface area contributed by atoms with Crippen LogP contribution >= 0.6 is 0 Å². The number of aromatic amines is 1. The average Bonchev–Trinajstić information content (AvgIpc) is 3.96. The molecular formula is C42H37N12Se2+3. The molecule has 0 amide bonds. The molecular weight excluding hydrogens is 830 g/mol. The predicted octanol–water partition coefficient (Wildman–Crippen LogP) is 3.92. The van der Waals surface area contributed by atoms with E-state index in [2.05, 4.69) is 136 Å². The number of aryl methyl sites for hydroxylation is 4. The molecule has 0 radical (unpaired) electrons. The fourth-order valence-corrected chi connectivity index (χ4v) is 13.4. The number of nitrogens with zero attached hydrogens (tertiary/aromatic N) is 9. The van der Waals surface area contributed by atoms with Gasteiger partial charge in [0.25, 0.3) is 0 Å². The number of H-pyrrole nitrogens is 1. The first kappa shape index (κ1) is 34.2. The van der Waals surface area contributed by atoms with E-state index in [0.29, 0.717) is 26.3 Å². The first-order chi connectivity index (χ1) is 27.4. The van der Waals surface area contributed by atoms with E-state index in [1.165, 1.54) is 8.92 Å². The summed E-state index contributed by atoms with van der Waals surface area (Å²) in [4.78, 5) is 18.0. The summed E-state index contributed by atoms with van der Waals surface area (Å²) < 4.78 is 15.4. The Hall–Kier alpha value is -6.30. The van der Waals surface area contributed by atoms with Crippen LogP contribution in [0.1, 0.15) is 0 Å². The van der Waals surface area contributed by atoms with Gasteiger partial charge in [-0.25, -0.2) is 0 Å². The van der Waals surface area contributed by atoms with E-state index in [1.54, 1.807) is 0 Å². The van der Waals surface area contributed by atoms with Crippen LogP contribution in [0.4, 0.5) is 23.0 Å². The zero-order valence-electron chi connectivity index (χ0n) is 31.0. The molecule has 0 bridgehead atoms. The summed E-state index contributed by atoms with van der Waals surface area (Å²) in [6.07, 6.45) is 7.72. The number of hydrogen-bond acceptors (Lipinski definition) is 5. The summed E-state index contributed by atoms with van der Waals surface area (Å²) >= 11 is 0.651. The van der Waals surface area contributed by atoms with Gasteiger partial charge < -0.3 is 0 Å². The molecule has 10 aromatic rings. The van der Waals surface area contributed by atoms with Crippen molar-refractivity contribution in [1.29, 1.82) is 0 Å². The number of rotatable bonds is 9. The van der Waals surface area contributed by atoms with Crippen molar-refractivity contribution in [3.63, 3.8) is 0 Å². The summed E-state index contributed by atoms with van der Waals surface area (Å²) in [6, 6.07) is 38.6. The molecule has 56 heavy (non-hydrogen) atoms. The van der Waals surface area contributed by atoms with E-state index in [0.717, 1.165) is 79.1 Å². The first-order valence-corrected chi connectivity index (χ1v) is 24.1. The normalized spacial score (nSPS) is 11.7. The molecule has 0 saturated carbocycles. The SMILES string of the molecule is Cn1c[n+](C)c2c1ncn1c(Nc3ccc([Se][Se]c4ccc(Nc5c(-c6ccccc6)[n+](C)c6c7c(ncn56)[nH]c[n+]7C)cc4)cc3)c(-c3ccccc3)nc21. The van der Waals surface area contributed by atoms with E-state index < -0.39 is 0 Å². The third-order valence-electron chi connectivity index (χ3n) is 10.1. The third kappa shape index (κ3) is 5.82. The minimum absolute atomic E-state index is 0.325. The second kappa shape index (κ2) is 13.8. The van der Waals surface area contributed by atoms with Crippen molar-refractivity contribution in [3.05, 3.63) is 135 Å². The van der Waals surface area contributed by atoms with Gasteiger partial charge >= 0.3 is 335 Å². The monoisotopic (exact) mass is 869 g/mol. The maximum absolute atomic E-state index is 5.16. The zero-order valence-corrected chi connectivity index (χ0v) is 34.5. The number of nitrogens with one attached hydrogen (secondary N) is 3. The van der Waals surface area contributed by atoms with Gasteiger partial charge in [-0.15, -0.1) is 0 Å². The Labute approximate surface area is 333 Å². The number of aromatic nitrogens is 10. The summed E-state index contributed by atoms with van der Waals surface area (Å²) in [5.41, 5.74) is 11.9. The van der Waals surface area contributed by atoms with E-state index in [9.17, 15) is 0 Å². The molecule has 0 fully saturated rings. The Morgan fingerprint density at radius 2 is 1.23 bits per heavy atom. The van der Waals surface area contributed by atoms with Crippen LogP contribution in [-0.4, -0.2) is 59.6 Å². The molecule has 0 saturated heterocycles. The Bertz CT molecular complexity index is 3060. The molecule has 6 heterocycles. The van der Waals surface area contributed by atoms with Crippen LogP contribution in [0.25, 0.3) is 56.1 Å². The summed E-state index contributed by atoms with van der Waals surface area (Å²) in [5.74, 6) is 1.86. The second-order valence-electron chi connectivity index (χ2n) is 13.7. The zero-order chi connectivity index (χ0) is 37.9. The van der Waals surface area contributed by atoms with Crippen LogP contribution in [0.15, 0.2) is 135 Å². The van der Waals surface area contributed by atoms with Crippen molar-refractivity contribution in [2.45, 2.75) is 0 Å². The van der Waals surface area contributed by atoms with Crippen LogP contribution < -0.4 is 33.3 Å². The van der Waals surface area contributed by atoms with Gasteiger partial charge in [0.2, 0.25) is 0 Å². The van der Waals surface area contributed by atoms with Gasteiger partial charge in [-0.3, -0.25) is 0 Å². The predicted molar refractivity (Wildman–Crippen MR) is 221 cm³/mol. The topological polar surface area (TPSA) is 104 Å². The Balaban J connectivity index is 0.883. The van der Waals surface area contributed by atoms with E-state index in [-0.39, 0.29) is 0 Å². The molecule has 0 atom stereocenters. The first-order valence-electron chi connectivity index (χ1n) is 18.1. The number of anilines is 4. The molecule has 12 nitrogen and oxygen atoms in total. The van der Waals surface area contributed by atoms with Crippen LogP contribution in [0.3, 0.4) is 0 Å². The van der Waals surface area contributed by atoms with Crippen LogP contribution in [0.2, 0.25) is 0 Å². The van der Waals surface area contributed by atoms with Gasteiger partial charge in [0.05, 0.1) is 0 Å². The van der Waals surface area contributed by atoms with Crippen LogP contribution in [-0.2, 0) is 28.2 Å². The Kier molecular flexibility index (Phi) is 8.41. The van der Waals surface area contributed by atoms with Gasteiger partial charge in [0.1, 0.15) is 0 Å². The van der Waals surface area contributed by atoms with Gasteiger partial charge in [0.15, 0.2) is 0 Å². The molecule has 10 rings (SSSR count). The molecule has 0 aliphatic heterocycles. The maximum atomic E-state index is 5.16. The average molecular weight is 868 g/mol. The number of imidazole rings is 4. The summed E-state index contributed by atoms with van der Waals surface area (Å²) in [6.45, 7) is 0. The number of fused-ring (bicyclic) bond motifs is 6. The second-order valence-corrected chi connectivity index (χ2v) is 20.0. The molecule has 14 heteroatoms. The molecule has 0 unspecified atom stereocenters. The number of hydrogen-bond donors (Lipinski definition) is 3. The molecule has 6 aromatic heterocycles. The Morgan fingerprint density at radius 3 is 1.89 bits per heavy atom. The van der Waals surface area contributed by atoms with Crippen molar-refractivity contribution in [1.82, 2.24) is 33.3 Å². The van der Waals surface area contributed by atoms with Crippen molar-refractivity contribution in [2.24, 2.45) is 28.2 Å². The quantitative estimate of drug-likeness (QED) is 0.151. The van der Waals surface area contributed by atoms with Crippen molar-refractivity contribution in [2.75, 3.05) is 10.6 Å². The molecule has 0 aliphatic rings. The third-order valence-corrected chi connectivity index (χ3v) is 17.3. The standard InChI is InChI=1S/C42H36N12Se2/c1-49-23-43-37-35(49)42-52(4)34(28-13-9-6-10-14-28)40(54(42)24-44-37)47-30-17-21-32(22-18-30)56-55-31-19-15-29(16-20-31)46-38-33(27-11-7-5-8-12-27)48-41-36-39(45-25-53(38)41)51(3)26-50(36)2/h5-26,46-47H,1-4H3/q+2/p+1. The van der Waals surface area contributed by atoms with Crippen LogP contribution in [0, 0.1) is 0 Å². The van der Waals surface area contributed by atoms with Crippen molar-refractivity contribution >= 4 is 91.8 Å². The van der Waals surface area contributed by atoms with Crippen LogP contribution in [0.5, 0.6) is 0 Å². The van der Waals surface area contributed by atoms with Gasteiger partial charge in [0, 0.05) is 0 Å². The van der Waals surface area contributed by atoms with Crippen molar-refractivity contribution in [3.8, 4) is 22.5 Å². The minimum atomic E-state index is 0.325. The number of benzene rings is 4. The molecule has 3 N–H and O–H groups in total.